The van der Waals surface area contributed by atoms with E-state index in [1.54, 1.807) is 0 Å². The summed E-state index contributed by atoms with van der Waals surface area (Å²) in [5.74, 6) is 5.58. The molecule has 3 aliphatic carbocycles. The Kier molecular flexibility index (Phi) is 5.99. The molecular formula is C20H34IN3O2S. The zero-order valence-corrected chi connectivity index (χ0v) is 19.3. The van der Waals surface area contributed by atoms with Gasteiger partial charge in [-0.05, 0) is 74.5 Å². The number of sulfone groups is 1. The summed E-state index contributed by atoms with van der Waals surface area (Å²) in [5, 5.41) is 3.84. The van der Waals surface area contributed by atoms with E-state index >= 15 is 0 Å². The highest BCUT2D eigenvalue weighted by Gasteiger charge is 2.42. The fourth-order valence-electron chi connectivity index (χ4n) is 5.99. The Morgan fingerprint density at radius 1 is 1.00 bits per heavy atom. The van der Waals surface area contributed by atoms with E-state index in [0.29, 0.717) is 24.1 Å². The molecule has 5 unspecified atom stereocenters. The first-order valence-electron chi connectivity index (χ1n) is 10.8. The lowest BCUT2D eigenvalue weighted by atomic mass is 9.95. The van der Waals surface area contributed by atoms with E-state index in [9.17, 15) is 8.42 Å². The fraction of sp³-hybridized carbons (Fsp3) is 0.950. The van der Waals surface area contributed by atoms with Gasteiger partial charge in [-0.1, -0.05) is 6.42 Å². The van der Waals surface area contributed by atoms with Crippen LogP contribution in [0.2, 0.25) is 0 Å². The van der Waals surface area contributed by atoms with Gasteiger partial charge in [-0.15, -0.1) is 24.0 Å². The van der Waals surface area contributed by atoms with E-state index in [0.717, 1.165) is 49.1 Å². The Hall–Kier alpha value is -0.0500. The summed E-state index contributed by atoms with van der Waals surface area (Å²) in [4.78, 5) is 7.47. The first-order chi connectivity index (χ1) is 12.6. The summed E-state index contributed by atoms with van der Waals surface area (Å²) in [6.07, 6.45) is 10.4. The van der Waals surface area contributed by atoms with Crippen LogP contribution in [-0.4, -0.2) is 56.5 Å². The molecule has 5 fully saturated rings. The molecule has 7 heteroatoms. The van der Waals surface area contributed by atoms with Crippen molar-refractivity contribution < 1.29 is 8.42 Å². The molecule has 5 nitrogen and oxygen atoms in total. The number of likely N-dealkylation sites (tertiary alicyclic amines) is 1. The smallest absolute Gasteiger partial charge is 0.194 e. The molecule has 0 spiro atoms. The second kappa shape index (κ2) is 8.00. The maximum Gasteiger partial charge on any atom is 0.194 e. The van der Waals surface area contributed by atoms with Crippen LogP contribution in [0.1, 0.15) is 51.4 Å². The van der Waals surface area contributed by atoms with Gasteiger partial charge in [0.05, 0.1) is 11.5 Å². The van der Waals surface area contributed by atoms with Crippen LogP contribution >= 0.6 is 24.0 Å². The largest absolute Gasteiger partial charge is 0.353 e. The summed E-state index contributed by atoms with van der Waals surface area (Å²) in [5.41, 5.74) is 0. The zero-order valence-electron chi connectivity index (χ0n) is 16.2. The number of guanidine groups is 1. The summed E-state index contributed by atoms with van der Waals surface area (Å²) in [6.45, 7) is 2.95. The van der Waals surface area contributed by atoms with E-state index in [2.05, 4.69) is 10.2 Å². The van der Waals surface area contributed by atoms with E-state index in [4.69, 9.17) is 4.99 Å². The third-order valence-electron chi connectivity index (χ3n) is 7.69. The van der Waals surface area contributed by atoms with E-state index in [-0.39, 0.29) is 29.9 Å². The van der Waals surface area contributed by atoms with Gasteiger partial charge >= 0.3 is 0 Å². The lowest BCUT2D eigenvalue weighted by Gasteiger charge is -2.29. The number of nitrogens with zero attached hydrogens (tertiary/aromatic N) is 2. The first kappa shape index (κ1) is 20.2. The monoisotopic (exact) mass is 507 g/mol. The average molecular weight is 507 g/mol. The standard InChI is InChI=1S/C20H33N3O2S.HI/c24-26(25)8-6-15(13-26)11-21-20(22-19-10-14-1-2-17(19)9-14)23-7-5-18(12-23)16-3-4-16;/h14-19H,1-13H2,(H,21,22);1H. The molecular weight excluding hydrogens is 473 g/mol. The van der Waals surface area contributed by atoms with Crippen molar-refractivity contribution in [1.29, 1.82) is 0 Å². The Labute approximate surface area is 181 Å². The van der Waals surface area contributed by atoms with Gasteiger partial charge in [0, 0.05) is 25.7 Å². The Bertz CT molecular complexity index is 679. The maximum absolute atomic E-state index is 11.8. The molecule has 1 N–H and O–H groups in total. The Morgan fingerprint density at radius 2 is 1.81 bits per heavy atom. The van der Waals surface area contributed by atoms with Gasteiger partial charge in [-0.2, -0.15) is 0 Å². The molecule has 0 amide bonds. The van der Waals surface area contributed by atoms with Crippen molar-refractivity contribution in [2.75, 3.05) is 31.1 Å². The highest BCUT2D eigenvalue weighted by molar-refractivity contribution is 14.0. The first-order valence-corrected chi connectivity index (χ1v) is 12.6. The number of hydrogen-bond acceptors (Lipinski definition) is 3. The topological polar surface area (TPSA) is 61.8 Å². The quantitative estimate of drug-likeness (QED) is 0.361. The summed E-state index contributed by atoms with van der Waals surface area (Å²) in [7, 11) is -2.81. The van der Waals surface area contributed by atoms with Gasteiger partial charge in [0.2, 0.25) is 0 Å². The highest BCUT2D eigenvalue weighted by atomic mass is 127. The van der Waals surface area contributed by atoms with Crippen molar-refractivity contribution in [3.05, 3.63) is 0 Å². The molecule has 2 saturated heterocycles. The number of fused-ring (bicyclic) bond motifs is 2. The van der Waals surface area contributed by atoms with E-state index < -0.39 is 9.84 Å². The molecule has 0 radical (unpaired) electrons. The number of halogens is 1. The predicted molar refractivity (Wildman–Crippen MR) is 119 cm³/mol. The second-order valence-electron chi connectivity index (χ2n) is 9.69. The number of aliphatic imine (C=N–C) groups is 1. The van der Waals surface area contributed by atoms with Crippen LogP contribution in [0.3, 0.4) is 0 Å². The normalized spacial score (nSPS) is 40.4. The minimum Gasteiger partial charge on any atom is -0.353 e. The van der Waals surface area contributed by atoms with Crippen LogP contribution in [0, 0.1) is 29.6 Å². The predicted octanol–water partition coefficient (Wildman–Crippen LogP) is 2.91. The molecule has 2 heterocycles. The second-order valence-corrected chi connectivity index (χ2v) is 11.9. The van der Waals surface area contributed by atoms with Gasteiger partial charge in [0.25, 0.3) is 0 Å². The lowest BCUT2D eigenvalue weighted by molar-refractivity contribution is 0.364. The third kappa shape index (κ3) is 4.59. The molecule has 3 saturated carbocycles. The zero-order chi connectivity index (χ0) is 17.7. The van der Waals surface area contributed by atoms with Gasteiger partial charge < -0.3 is 10.2 Å². The van der Waals surface area contributed by atoms with Crippen LogP contribution in [0.25, 0.3) is 0 Å². The van der Waals surface area contributed by atoms with Crippen molar-refractivity contribution in [3.63, 3.8) is 0 Å². The van der Waals surface area contributed by atoms with Gasteiger partial charge in [0.1, 0.15) is 0 Å². The lowest BCUT2D eigenvalue weighted by Crippen LogP contribution is -2.47. The SMILES string of the molecule is I.O=S1(=O)CCC(CN=C(NC2CC3CCC2C3)N2CCC(C3CC3)C2)C1. The van der Waals surface area contributed by atoms with Crippen LogP contribution in [0.15, 0.2) is 4.99 Å². The highest BCUT2D eigenvalue weighted by Crippen LogP contribution is 2.45. The Morgan fingerprint density at radius 3 is 2.44 bits per heavy atom. The van der Waals surface area contributed by atoms with Crippen molar-refractivity contribution in [2.45, 2.75) is 57.4 Å². The third-order valence-corrected chi connectivity index (χ3v) is 9.53. The number of nitrogens with one attached hydrogen (secondary N) is 1. The fourth-order valence-corrected chi connectivity index (χ4v) is 7.84. The molecule has 154 valence electrons. The molecule has 5 aliphatic rings. The molecule has 2 bridgehead atoms. The molecule has 0 aromatic heterocycles. The van der Waals surface area contributed by atoms with Crippen LogP contribution < -0.4 is 5.32 Å². The molecule has 5 atom stereocenters. The number of rotatable bonds is 4. The van der Waals surface area contributed by atoms with Gasteiger partial charge in [-0.25, -0.2) is 8.42 Å². The minimum atomic E-state index is -2.81. The van der Waals surface area contributed by atoms with E-state index in [1.165, 1.54) is 44.9 Å². The average Bonchev–Trinajstić information content (AvgIpc) is 2.99. The van der Waals surface area contributed by atoms with Crippen LogP contribution in [0.5, 0.6) is 0 Å². The molecule has 0 aromatic carbocycles. The summed E-state index contributed by atoms with van der Waals surface area (Å²) < 4.78 is 23.5. The van der Waals surface area contributed by atoms with Crippen molar-refractivity contribution >= 4 is 39.8 Å². The Balaban J connectivity index is 0.00000180. The number of hydrogen-bond donors (Lipinski definition) is 1. The van der Waals surface area contributed by atoms with Crippen LogP contribution in [0.4, 0.5) is 0 Å². The molecule has 5 rings (SSSR count). The molecule has 0 aromatic rings. The minimum absolute atomic E-state index is 0. The van der Waals surface area contributed by atoms with Gasteiger partial charge in [-0.3, -0.25) is 4.99 Å². The van der Waals surface area contributed by atoms with Crippen molar-refractivity contribution in [2.24, 2.45) is 34.6 Å². The maximum atomic E-state index is 11.8. The summed E-state index contributed by atoms with van der Waals surface area (Å²) in [6, 6.07) is 0.597. The van der Waals surface area contributed by atoms with E-state index in [1.807, 2.05) is 0 Å². The molecule has 2 aliphatic heterocycles. The van der Waals surface area contributed by atoms with Gasteiger partial charge in [0.15, 0.2) is 15.8 Å². The van der Waals surface area contributed by atoms with Crippen LogP contribution in [-0.2, 0) is 9.84 Å². The van der Waals surface area contributed by atoms with Crippen molar-refractivity contribution in [1.82, 2.24) is 10.2 Å². The summed E-state index contributed by atoms with van der Waals surface area (Å²) >= 11 is 0. The van der Waals surface area contributed by atoms with Crippen molar-refractivity contribution in [3.8, 4) is 0 Å². The molecule has 27 heavy (non-hydrogen) atoms.